The molecule has 0 aromatic heterocycles. The van der Waals surface area contributed by atoms with Crippen LogP contribution in [0.25, 0.3) is 0 Å². The van der Waals surface area contributed by atoms with Crippen LogP contribution in [0, 0.1) is 0 Å². The smallest absolute Gasteiger partial charge is 0.388 e. The lowest BCUT2D eigenvalue weighted by Crippen LogP contribution is -2.54. The zero-order valence-corrected chi connectivity index (χ0v) is 8.53. The molecule has 0 radical (unpaired) electrons. The van der Waals surface area contributed by atoms with E-state index in [-0.39, 0.29) is 6.61 Å². The van der Waals surface area contributed by atoms with E-state index in [2.05, 4.69) is 4.52 Å². The van der Waals surface area contributed by atoms with Gasteiger partial charge in [0, 0.05) is 0 Å². The van der Waals surface area contributed by atoms with Crippen molar-refractivity contribution in [1.29, 1.82) is 0 Å². The number of phosphoric ester groups is 1. The van der Waals surface area contributed by atoms with Crippen molar-refractivity contribution in [2.75, 3.05) is 13.2 Å². The molecule has 1 rings (SSSR count). The van der Waals surface area contributed by atoms with E-state index in [1.807, 2.05) is 0 Å². The summed E-state index contributed by atoms with van der Waals surface area (Å²) >= 11 is 0. The molecule has 4 atom stereocenters. The maximum Gasteiger partial charge on any atom is 0.469 e. The second-order valence-corrected chi connectivity index (χ2v) is 4.45. The first-order valence-corrected chi connectivity index (χ1v) is 5.70. The van der Waals surface area contributed by atoms with Gasteiger partial charge in [-0.2, -0.15) is 0 Å². The van der Waals surface area contributed by atoms with Gasteiger partial charge in [-0.05, 0) is 0 Å². The van der Waals surface area contributed by atoms with Gasteiger partial charge < -0.3 is 29.8 Å². The molecule has 15 heavy (non-hydrogen) atoms. The van der Waals surface area contributed by atoms with E-state index in [4.69, 9.17) is 19.6 Å². The summed E-state index contributed by atoms with van der Waals surface area (Å²) in [4.78, 5) is 16.8. The molecule has 0 saturated carbocycles. The van der Waals surface area contributed by atoms with Crippen LogP contribution in [-0.4, -0.2) is 62.7 Å². The molecule has 5 N–H and O–H groups in total. The summed E-state index contributed by atoms with van der Waals surface area (Å²) in [6.45, 7) is -0.789. The molecule has 0 amide bonds. The van der Waals surface area contributed by atoms with Gasteiger partial charge in [-0.3, -0.25) is 4.52 Å². The number of aliphatic hydroxyl groups excluding tert-OH is 3. The Balaban J connectivity index is 2.46. The van der Waals surface area contributed by atoms with Crippen molar-refractivity contribution in [2.45, 2.75) is 24.4 Å². The Morgan fingerprint density at radius 1 is 1.27 bits per heavy atom. The number of ether oxygens (including phenoxy) is 1. The van der Waals surface area contributed by atoms with Gasteiger partial charge in [-0.25, -0.2) is 4.57 Å². The SMILES string of the molecule is O=P(O)(O)OC[C@H]1OC[C@H](O)[C@H](O)[C@@H]1O. The topological polar surface area (TPSA) is 137 Å². The van der Waals surface area contributed by atoms with E-state index in [0.29, 0.717) is 0 Å². The monoisotopic (exact) mass is 244 g/mol. The lowest BCUT2D eigenvalue weighted by molar-refractivity contribution is -0.194. The molecule has 0 aromatic rings. The van der Waals surface area contributed by atoms with E-state index in [0.717, 1.165) is 0 Å². The van der Waals surface area contributed by atoms with Gasteiger partial charge in [-0.15, -0.1) is 0 Å². The molecule has 0 aliphatic carbocycles. The fourth-order valence-corrected chi connectivity index (χ4v) is 1.53. The van der Waals surface area contributed by atoms with Crippen LogP contribution >= 0.6 is 7.82 Å². The molecular weight excluding hydrogens is 231 g/mol. The van der Waals surface area contributed by atoms with Gasteiger partial charge in [0.2, 0.25) is 0 Å². The third kappa shape index (κ3) is 3.78. The number of rotatable bonds is 3. The fourth-order valence-electron chi connectivity index (χ4n) is 1.18. The third-order valence-electron chi connectivity index (χ3n) is 2.01. The van der Waals surface area contributed by atoms with Crippen LogP contribution in [0.2, 0.25) is 0 Å². The average molecular weight is 244 g/mol. The molecule has 9 heteroatoms. The molecule has 90 valence electrons. The summed E-state index contributed by atoms with van der Waals surface area (Å²) in [5.41, 5.74) is 0. The zero-order valence-electron chi connectivity index (χ0n) is 7.63. The second-order valence-electron chi connectivity index (χ2n) is 3.21. The molecule has 1 saturated heterocycles. The van der Waals surface area contributed by atoms with Crippen molar-refractivity contribution >= 4 is 7.82 Å². The Labute approximate surface area is 85.3 Å². The Morgan fingerprint density at radius 3 is 2.40 bits per heavy atom. The summed E-state index contributed by atoms with van der Waals surface area (Å²) in [5, 5.41) is 27.6. The first kappa shape index (κ1) is 13.0. The van der Waals surface area contributed by atoms with Gasteiger partial charge >= 0.3 is 7.82 Å². The van der Waals surface area contributed by atoms with Crippen LogP contribution in [0.5, 0.6) is 0 Å². The Hall–Kier alpha value is -0.0500. The minimum Gasteiger partial charge on any atom is -0.388 e. The van der Waals surface area contributed by atoms with Gasteiger partial charge in [0.05, 0.1) is 13.2 Å². The highest BCUT2D eigenvalue weighted by atomic mass is 31.2. The quantitative estimate of drug-likeness (QED) is 0.346. The van der Waals surface area contributed by atoms with E-state index < -0.39 is 38.8 Å². The van der Waals surface area contributed by atoms with Crippen molar-refractivity contribution in [1.82, 2.24) is 0 Å². The van der Waals surface area contributed by atoms with Crippen LogP contribution in [-0.2, 0) is 13.8 Å². The van der Waals surface area contributed by atoms with E-state index in [1.54, 1.807) is 0 Å². The lowest BCUT2D eigenvalue weighted by atomic mass is 10.0. The van der Waals surface area contributed by atoms with E-state index in [9.17, 15) is 14.8 Å². The normalized spacial score (nSPS) is 37.9. The summed E-state index contributed by atoms with van der Waals surface area (Å²) in [6, 6.07) is 0. The second kappa shape index (κ2) is 4.86. The maximum absolute atomic E-state index is 10.3. The third-order valence-corrected chi connectivity index (χ3v) is 2.50. The molecule has 1 fully saturated rings. The first-order valence-electron chi connectivity index (χ1n) is 4.17. The lowest BCUT2D eigenvalue weighted by Gasteiger charge is -2.34. The van der Waals surface area contributed by atoms with Crippen molar-refractivity contribution in [3.8, 4) is 0 Å². The van der Waals surface area contributed by atoms with Crippen LogP contribution in [0.4, 0.5) is 0 Å². The predicted octanol–water partition coefficient (Wildman–Crippen LogP) is -2.42. The molecular formula is C6H13O8P. The van der Waals surface area contributed by atoms with Crippen molar-refractivity contribution < 1.29 is 38.9 Å². The minimum absolute atomic E-state index is 0.229. The van der Waals surface area contributed by atoms with Gasteiger partial charge in [0.15, 0.2) is 0 Å². The highest BCUT2D eigenvalue weighted by molar-refractivity contribution is 7.46. The number of hydrogen-bond acceptors (Lipinski definition) is 6. The van der Waals surface area contributed by atoms with Gasteiger partial charge in [-0.1, -0.05) is 0 Å². The fraction of sp³-hybridized carbons (Fsp3) is 1.00. The standard InChI is InChI=1S/C6H13O8P/c7-3-1-13-4(6(9)5(3)8)2-14-15(10,11)12/h3-9H,1-2H2,(H2,10,11,12)/t3-,4+,5-,6+/m0/s1. The molecule has 0 aromatic carbocycles. The number of hydrogen-bond donors (Lipinski definition) is 5. The highest BCUT2D eigenvalue weighted by Crippen LogP contribution is 2.36. The summed E-state index contributed by atoms with van der Waals surface area (Å²) in [5.74, 6) is 0. The number of phosphoric acid groups is 1. The molecule has 0 unspecified atom stereocenters. The van der Waals surface area contributed by atoms with Crippen LogP contribution in [0.1, 0.15) is 0 Å². The largest absolute Gasteiger partial charge is 0.469 e. The van der Waals surface area contributed by atoms with Crippen LogP contribution in [0.15, 0.2) is 0 Å². The molecule has 8 nitrogen and oxygen atoms in total. The first-order chi connectivity index (χ1) is 6.81. The molecule has 1 heterocycles. The highest BCUT2D eigenvalue weighted by Gasteiger charge is 2.38. The van der Waals surface area contributed by atoms with Crippen molar-refractivity contribution in [3.63, 3.8) is 0 Å². The van der Waals surface area contributed by atoms with Crippen LogP contribution in [0.3, 0.4) is 0 Å². The summed E-state index contributed by atoms with van der Waals surface area (Å²) in [7, 11) is -4.63. The summed E-state index contributed by atoms with van der Waals surface area (Å²) in [6.07, 6.45) is -5.15. The Bertz CT molecular complexity index is 252. The molecule has 0 bridgehead atoms. The average Bonchev–Trinajstić information content (AvgIpc) is 2.12. The van der Waals surface area contributed by atoms with Crippen LogP contribution < -0.4 is 0 Å². The Kier molecular flexibility index (Phi) is 4.21. The van der Waals surface area contributed by atoms with Crippen molar-refractivity contribution in [3.05, 3.63) is 0 Å². The number of aliphatic hydroxyl groups is 3. The Morgan fingerprint density at radius 2 is 1.87 bits per heavy atom. The molecule has 1 aliphatic rings. The van der Waals surface area contributed by atoms with Gasteiger partial charge in [0.1, 0.15) is 24.4 Å². The zero-order chi connectivity index (χ0) is 11.6. The molecule has 0 spiro atoms. The van der Waals surface area contributed by atoms with E-state index in [1.165, 1.54) is 0 Å². The molecule has 1 aliphatic heterocycles. The maximum atomic E-state index is 10.3. The minimum atomic E-state index is -4.63. The van der Waals surface area contributed by atoms with E-state index >= 15 is 0 Å². The van der Waals surface area contributed by atoms with Gasteiger partial charge in [0.25, 0.3) is 0 Å². The predicted molar refractivity (Wildman–Crippen MR) is 45.8 cm³/mol. The van der Waals surface area contributed by atoms with Crippen molar-refractivity contribution in [2.24, 2.45) is 0 Å². The summed E-state index contributed by atoms with van der Waals surface area (Å²) < 4.78 is 19.3.